The van der Waals surface area contributed by atoms with Gasteiger partial charge in [-0.25, -0.2) is 4.39 Å². The van der Waals surface area contributed by atoms with Crippen molar-refractivity contribution in [1.82, 2.24) is 4.90 Å². The first kappa shape index (κ1) is 15.3. The molecule has 0 aliphatic heterocycles. The lowest BCUT2D eigenvalue weighted by atomic mass is 10.1. The summed E-state index contributed by atoms with van der Waals surface area (Å²) >= 11 is 5.93. The van der Waals surface area contributed by atoms with Crippen LogP contribution in [0.4, 0.5) is 4.39 Å². The third-order valence-electron chi connectivity index (χ3n) is 3.07. The van der Waals surface area contributed by atoms with Crippen molar-refractivity contribution in [3.8, 4) is 5.75 Å². The van der Waals surface area contributed by atoms with Gasteiger partial charge in [0.25, 0.3) is 5.91 Å². The maximum Gasteiger partial charge on any atom is 0.257 e. The summed E-state index contributed by atoms with van der Waals surface area (Å²) in [5.41, 5.74) is 1.24. The lowest BCUT2D eigenvalue weighted by Crippen LogP contribution is -2.26. The van der Waals surface area contributed by atoms with Crippen molar-refractivity contribution in [2.45, 2.75) is 6.54 Å². The highest BCUT2D eigenvalue weighted by atomic mass is 35.5. The molecule has 2 rings (SSSR count). The second kappa shape index (κ2) is 6.59. The number of halogens is 2. The van der Waals surface area contributed by atoms with E-state index in [0.717, 1.165) is 5.56 Å². The third-order valence-corrected chi connectivity index (χ3v) is 3.31. The van der Waals surface area contributed by atoms with E-state index in [1.807, 2.05) is 0 Å². The van der Waals surface area contributed by atoms with Crippen molar-refractivity contribution >= 4 is 17.5 Å². The largest absolute Gasteiger partial charge is 0.496 e. The molecule has 0 heterocycles. The average molecular weight is 308 g/mol. The molecule has 0 fully saturated rings. The molecule has 0 aliphatic carbocycles. The maximum absolute atomic E-state index is 12.9. The summed E-state index contributed by atoms with van der Waals surface area (Å²) < 4.78 is 18.1. The summed E-state index contributed by atoms with van der Waals surface area (Å²) in [4.78, 5) is 14.0. The number of carbonyl (C=O) groups excluding carboxylic acids is 1. The molecule has 0 spiro atoms. The van der Waals surface area contributed by atoms with Crippen LogP contribution in [0.1, 0.15) is 15.9 Å². The molecule has 0 radical (unpaired) electrons. The van der Waals surface area contributed by atoms with Gasteiger partial charge in [0, 0.05) is 18.6 Å². The van der Waals surface area contributed by atoms with Crippen LogP contribution < -0.4 is 4.74 Å². The zero-order valence-corrected chi connectivity index (χ0v) is 12.5. The molecule has 0 N–H and O–H groups in total. The molecule has 0 saturated carbocycles. The minimum Gasteiger partial charge on any atom is -0.496 e. The first-order valence-corrected chi connectivity index (χ1v) is 6.72. The third kappa shape index (κ3) is 3.73. The van der Waals surface area contributed by atoms with Crippen LogP contribution in [0.25, 0.3) is 0 Å². The summed E-state index contributed by atoms with van der Waals surface area (Å²) in [6.45, 7) is 0.370. The highest BCUT2D eigenvalue weighted by Crippen LogP contribution is 2.24. The van der Waals surface area contributed by atoms with Crippen LogP contribution in [-0.2, 0) is 6.54 Å². The van der Waals surface area contributed by atoms with Crippen LogP contribution in [0.15, 0.2) is 42.5 Å². The fourth-order valence-corrected chi connectivity index (χ4v) is 2.16. The number of amides is 1. The van der Waals surface area contributed by atoms with E-state index in [-0.39, 0.29) is 11.7 Å². The number of ether oxygens (including phenoxy) is 1. The average Bonchev–Trinajstić information content (AvgIpc) is 2.48. The molecule has 0 saturated heterocycles. The highest BCUT2D eigenvalue weighted by Gasteiger charge is 2.17. The normalized spacial score (nSPS) is 10.3. The van der Waals surface area contributed by atoms with Crippen LogP contribution in [-0.4, -0.2) is 25.0 Å². The molecule has 0 bridgehead atoms. The van der Waals surface area contributed by atoms with Crippen molar-refractivity contribution in [1.29, 1.82) is 0 Å². The van der Waals surface area contributed by atoms with Crippen LogP contribution in [0.2, 0.25) is 5.02 Å². The van der Waals surface area contributed by atoms with Gasteiger partial charge < -0.3 is 9.64 Å². The number of benzene rings is 2. The van der Waals surface area contributed by atoms with E-state index in [9.17, 15) is 9.18 Å². The maximum atomic E-state index is 12.9. The van der Waals surface area contributed by atoms with E-state index in [0.29, 0.717) is 22.9 Å². The Morgan fingerprint density at radius 1 is 1.24 bits per heavy atom. The molecule has 0 atom stereocenters. The fourth-order valence-electron chi connectivity index (χ4n) is 1.99. The molecular formula is C16H15ClFNO2. The molecule has 0 aliphatic rings. The van der Waals surface area contributed by atoms with E-state index in [1.165, 1.54) is 24.1 Å². The van der Waals surface area contributed by atoms with Gasteiger partial charge in [-0.05, 0) is 35.9 Å². The SMILES string of the molecule is COc1ccc(Cl)cc1C(=O)N(C)Cc1ccc(F)cc1. The van der Waals surface area contributed by atoms with Gasteiger partial charge >= 0.3 is 0 Å². The Morgan fingerprint density at radius 3 is 2.52 bits per heavy atom. The van der Waals surface area contributed by atoms with Gasteiger partial charge in [0.15, 0.2) is 0 Å². The summed E-state index contributed by atoms with van der Waals surface area (Å²) in [7, 11) is 3.17. The van der Waals surface area contributed by atoms with Gasteiger partial charge in [0.05, 0.1) is 12.7 Å². The summed E-state index contributed by atoms with van der Waals surface area (Å²) in [5.74, 6) is -0.0433. The minimum absolute atomic E-state index is 0.210. The number of carbonyl (C=O) groups is 1. The van der Waals surface area contributed by atoms with E-state index >= 15 is 0 Å². The van der Waals surface area contributed by atoms with Crippen LogP contribution in [0.3, 0.4) is 0 Å². The molecule has 110 valence electrons. The van der Waals surface area contributed by atoms with Crippen LogP contribution >= 0.6 is 11.6 Å². The van der Waals surface area contributed by atoms with Crippen LogP contribution in [0.5, 0.6) is 5.75 Å². The highest BCUT2D eigenvalue weighted by molar-refractivity contribution is 6.31. The van der Waals surface area contributed by atoms with Crippen molar-refractivity contribution < 1.29 is 13.9 Å². The van der Waals surface area contributed by atoms with Gasteiger partial charge in [0.2, 0.25) is 0 Å². The minimum atomic E-state index is -0.302. The Hall–Kier alpha value is -2.07. The molecule has 2 aromatic carbocycles. The lowest BCUT2D eigenvalue weighted by Gasteiger charge is -2.19. The second-order valence-electron chi connectivity index (χ2n) is 4.63. The van der Waals surface area contributed by atoms with Gasteiger partial charge in [0.1, 0.15) is 11.6 Å². The fraction of sp³-hybridized carbons (Fsp3) is 0.188. The van der Waals surface area contributed by atoms with Gasteiger partial charge in [-0.2, -0.15) is 0 Å². The van der Waals surface area contributed by atoms with E-state index in [1.54, 1.807) is 37.4 Å². The van der Waals surface area contributed by atoms with Crippen molar-refractivity contribution in [3.05, 3.63) is 64.4 Å². The molecule has 5 heteroatoms. The molecule has 2 aromatic rings. The van der Waals surface area contributed by atoms with Crippen molar-refractivity contribution in [2.75, 3.05) is 14.2 Å². The molecule has 21 heavy (non-hydrogen) atoms. The Labute approximate surface area is 127 Å². The molecule has 0 aromatic heterocycles. The number of hydrogen-bond acceptors (Lipinski definition) is 2. The van der Waals surface area contributed by atoms with E-state index < -0.39 is 0 Å². The molecule has 1 amide bonds. The predicted octanol–water partition coefficient (Wildman–Crippen LogP) is 3.76. The standard InChI is InChI=1S/C16H15ClFNO2/c1-19(10-11-3-6-13(18)7-4-11)16(20)14-9-12(17)5-8-15(14)21-2/h3-9H,10H2,1-2H3. The molecular weight excluding hydrogens is 293 g/mol. The topological polar surface area (TPSA) is 29.5 Å². The second-order valence-corrected chi connectivity index (χ2v) is 5.07. The Balaban J connectivity index is 2.19. The van der Waals surface area contributed by atoms with Crippen molar-refractivity contribution in [3.63, 3.8) is 0 Å². The quantitative estimate of drug-likeness (QED) is 0.860. The monoisotopic (exact) mass is 307 g/mol. The van der Waals surface area contributed by atoms with Crippen molar-refractivity contribution in [2.24, 2.45) is 0 Å². The van der Waals surface area contributed by atoms with E-state index in [2.05, 4.69) is 0 Å². The molecule has 3 nitrogen and oxygen atoms in total. The van der Waals surface area contributed by atoms with Gasteiger partial charge in [-0.1, -0.05) is 23.7 Å². The number of methoxy groups -OCH3 is 1. The Bertz CT molecular complexity index is 643. The van der Waals surface area contributed by atoms with E-state index in [4.69, 9.17) is 16.3 Å². The Kier molecular flexibility index (Phi) is 4.81. The zero-order valence-electron chi connectivity index (χ0n) is 11.8. The lowest BCUT2D eigenvalue weighted by molar-refractivity contribution is 0.0781. The zero-order chi connectivity index (χ0) is 15.4. The first-order valence-electron chi connectivity index (χ1n) is 6.34. The van der Waals surface area contributed by atoms with Crippen LogP contribution in [0, 0.1) is 5.82 Å². The smallest absolute Gasteiger partial charge is 0.257 e. The summed E-state index contributed by atoms with van der Waals surface area (Å²) in [5, 5.41) is 0.467. The first-order chi connectivity index (χ1) is 10.0. The number of hydrogen-bond donors (Lipinski definition) is 0. The summed E-state index contributed by atoms with van der Waals surface area (Å²) in [6, 6.07) is 10.9. The van der Waals surface area contributed by atoms with Gasteiger partial charge in [-0.15, -0.1) is 0 Å². The molecule has 0 unspecified atom stereocenters. The Morgan fingerprint density at radius 2 is 1.90 bits per heavy atom. The van der Waals surface area contributed by atoms with Gasteiger partial charge in [-0.3, -0.25) is 4.79 Å². The number of rotatable bonds is 4. The summed E-state index contributed by atoms with van der Waals surface area (Å²) in [6.07, 6.45) is 0. The predicted molar refractivity (Wildman–Crippen MR) is 80.2 cm³/mol. The number of nitrogens with zero attached hydrogens (tertiary/aromatic N) is 1.